The maximum absolute atomic E-state index is 12.4. The first-order valence-corrected chi connectivity index (χ1v) is 16.7. The van der Waals surface area contributed by atoms with Gasteiger partial charge in [0, 0.05) is 32.9 Å². The Morgan fingerprint density at radius 2 is 1.09 bits per heavy atom. The van der Waals surface area contributed by atoms with Gasteiger partial charge in [-0.15, -0.1) is 20.5 Å². The van der Waals surface area contributed by atoms with Crippen LogP contribution in [0.25, 0.3) is 21.5 Å². The fourth-order valence-corrected chi connectivity index (χ4v) is 6.21. The van der Waals surface area contributed by atoms with Crippen molar-refractivity contribution in [3.05, 3.63) is 120 Å². The molecule has 0 aliphatic carbocycles. The molecule has 0 bridgehead atoms. The minimum atomic E-state index is -4.58. The highest BCUT2D eigenvalue weighted by atomic mass is 35.5. The van der Waals surface area contributed by atoms with Gasteiger partial charge in [-0.1, -0.05) is 66.2 Å². The highest BCUT2D eigenvalue weighted by Crippen LogP contribution is 2.40. The molecule has 46 heavy (non-hydrogen) atoms. The summed E-state index contributed by atoms with van der Waals surface area (Å²) in [6.45, 7) is 0. The van der Waals surface area contributed by atoms with Crippen molar-refractivity contribution in [2.75, 3.05) is 5.32 Å². The van der Waals surface area contributed by atoms with Crippen molar-refractivity contribution in [3.63, 3.8) is 0 Å². The molecule has 0 radical (unpaired) electrons. The van der Waals surface area contributed by atoms with E-state index in [1.807, 2.05) is 42.5 Å². The normalized spacial score (nSPS) is 12.4. The third kappa shape index (κ3) is 6.49. The minimum absolute atomic E-state index is 0.0472. The lowest BCUT2D eigenvalue weighted by Gasteiger charge is -2.14. The summed E-state index contributed by atoms with van der Waals surface area (Å²) in [5, 5.41) is 22.7. The van der Waals surface area contributed by atoms with E-state index in [1.165, 1.54) is 18.2 Å². The van der Waals surface area contributed by atoms with E-state index in [0.717, 1.165) is 17.8 Å². The van der Waals surface area contributed by atoms with Crippen LogP contribution in [-0.4, -0.2) is 25.9 Å². The average molecular weight is 672 g/mol. The van der Waals surface area contributed by atoms with E-state index in [2.05, 4.69) is 25.8 Å². The Bertz CT molecular complexity index is 2420. The molecule has 3 N–H and O–H groups in total. The topological polar surface area (TPSA) is 170 Å². The molecule has 0 saturated carbocycles. The third-order valence-corrected chi connectivity index (χ3v) is 9.00. The van der Waals surface area contributed by atoms with Gasteiger partial charge in [-0.05, 0) is 60.7 Å². The van der Waals surface area contributed by atoms with Gasteiger partial charge >= 0.3 is 0 Å². The Hall–Kier alpha value is -5.05. The molecule has 6 aromatic carbocycles. The standard InChI is InChI=1S/C32H22ClN5O6S2/c33-25-14-13-21(45(39,40)41)19-30(25)38-36-27-16-15-26(22-9-4-5-10-23(22)27)35-37-28-17-18-29(34-20-7-2-1-3-8-20)32-24(28)11-6-12-31(32)46(42,43)44/h1-19,34H,(H,39,40,41)(H,42,43,44). The number of anilines is 2. The van der Waals surface area contributed by atoms with Crippen molar-refractivity contribution in [3.8, 4) is 0 Å². The zero-order valence-electron chi connectivity index (χ0n) is 23.5. The number of nitrogens with zero attached hydrogens (tertiary/aromatic N) is 4. The number of hydrogen-bond acceptors (Lipinski definition) is 9. The predicted molar refractivity (Wildman–Crippen MR) is 177 cm³/mol. The number of rotatable bonds is 8. The lowest BCUT2D eigenvalue weighted by molar-refractivity contribution is 0.481. The van der Waals surface area contributed by atoms with E-state index in [9.17, 15) is 25.9 Å². The monoisotopic (exact) mass is 671 g/mol. The van der Waals surface area contributed by atoms with E-state index >= 15 is 0 Å². The molecule has 0 aromatic heterocycles. The summed E-state index contributed by atoms with van der Waals surface area (Å²) in [7, 11) is -9.05. The fourth-order valence-electron chi connectivity index (χ4n) is 4.83. The molecule has 0 spiro atoms. The first-order chi connectivity index (χ1) is 22.0. The van der Waals surface area contributed by atoms with Gasteiger partial charge in [0.1, 0.15) is 10.6 Å². The molecule has 0 heterocycles. The highest BCUT2D eigenvalue weighted by molar-refractivity contribution is 7.86. The Morgan fingerprint density at radius 3 is 1.70 bits per heavy atom. The van der Waals surface area contributed by atoms with Crippen molar-refractivity contribution < 1.29 is 25.9 Å². The zero-order valence-corrected chi connectivity index (χ0v) is 25.9. The Morgan fingerprint density at radius 1 is 0.543 bits per heavy atom. The zero-order chi connectivity index (χ0) is 32.5. The first kappa shape index (κ1) is 31.0. The molecule has 0 saturated heterocycles. The molecule has 0 fully saturated rings. The fraction of sp³-hybridized carbons (Fsp3) is 0. The van der Waals surface area contributed by atoms with Gasteiger partial charge in [0.25, 0.3) is 20.2 Å². The van der Waals surface area contributed by atoms with Gasteiger partial charge in [-0.25, -0.2) is 0 Å². The van der Waals surface area contributed by atoms with Gasteiger partial charge in [-0.2, -0.15) is 16.8 Å². The predicted octanol–water partition coefficient (Wildman–Crippen LogP) is 9.71. The van der Waals surface area contributed by atoms with Gasteiger partial charge in [-0.3, -0.25) is 9.11 Å². The summed E-state index contributed by atoms with van der Waals surface area (Å²) in [6.07, 6.45) is 0. The quantitative estimate of drug-likeness (QED) is 0.107. The van der Waals surface area contributed by atoms with Crippen LogP contribution < -0.4 is 5.32 Å². The molecule has 11 nitrogen and oxygen atoms in total. The van der Waals surface area contributed by atoms with E-state index in [0.29, 0.717) is 38.9 Å². The number of halogens is 1. The maximum Gasteiger partial charge on any atom is 0.295 e. The van der Waals surface area contributed by atoms with E-state index < -0.39 is 20.2 Å². The van der Waals surface area contributed by atoms with Crippen LogP contribution in [-0.2, 0) is 20.2 Å². The Kier molecular flexibility index (Phi) is 8.34. The molecule has 0 aliphatic rings. The third-order valence-electron chi connectivity index (χ3n) is 6.93. The number of benzene rings is 6. The van der Waals surface area contributed by atoms with Crippen LogP contribution in [0, 0.1) is 0 Å². The summed E-state index contributed by atoms with van der Waals surface area (Å²) in [6, 6.07) is 31.2. The molecular formula is C32H22ClN5O6S2. The molecule has 230 valence electrons. The number of azo groups is 2. The number of nitrogens with one attached hydrogen (secondary N) is 1. The van der Waals surface area contributed by atoms with Crippen molar-refractivity contribution >= 4 is 87.5 Å². The van der Waals surface area contributed by atoms with Crippen LogP contribution in [0.3, 0.4) is 0 Å². The first-order valence-electron chi connectivity index (χ1n) is 13.5. The summed E-state index contributed by atoms with van der Waals surface area (Å²) < 4.78 is 67.2. The summed E-state index contributed by atoms with van der Waals surface area (Å²) in [4.78, 5) is -0.644. The van der Waals surface area contributed by atoms with Crippen molar-refractivity contribution in [2.24, 2.45) is 20.5 Å². The van der Waals surface area contributed by atoms with Crippen LogP contribution >= 0.6 is 11.6 Å². The summed E-state index contributed by atoms with van der Waals surface area (Å²) >= 11 is 6.17. The Labute approximate surface area is 268 Å². The molecule has 14 heteroatoms. The van der Waals surface area contributed by atoms with E-state index in [1.54, 1.807) is 42.5 Å². The number of hydrogen-bond donors (Lipinski definition) is 3. The van der Waals surface area contributed by atoms with Crippen molar-refractivity contribution in [2.45, 2.75) is 9.79 Å². The lowest BCUT2D eigenvalue weighted by Crippen LogP contribution is -2.01. The van der Waals surface area contributed by atoms with Gasteiger partial charge in [0.2, 0.25) is 0 Å². The summed E-state index contributed by atoms with van der Waals surface area (Å²) in [5.41, 5.74) is 2.50. The van der Waals surface area contributed by atoms with Gasteiger partial charge < -0.3 is 5.32 Å². The molecule has 0 aliphatic heterocycles. The van der Waals surface area contributed by atoms with Crippen LogP contribution in [0.15, 0.2) is 146 Å². The van der Waals surface area contributed by atoms with Gasteiger partial charge in [0.05, 0.1) is 27.0 Å². The molecule has 0 unspecified atom stereocenters. The van der Waals surface area contributed by atoms with Crippen LogP contribution in [0.4, 0.5) is 34.1 Å². The molecule has 0 amide bonds. The van der Waals surface area contributed by atoms with E-state index in [4.69, 9.17) is 11.6 Å². The van der Waals surface area contributed by atoms with Crippen molar-refractivity contribution in [1.82, 2.24) is 0 Å². The smallest absolute Gasteiger partial charge is 0.295 e. The number of fused-ring (bicyclic) bond motifs is 2. The maximum atomic E-state index is 12.4. The van der Waals surface area contributed by atoms with Crippen LogP contribution in [0.1, 0.15) is 0 Å². The molecule has 6 aromatic rings. The van der Waals surface area contributed by atoms with Crippen molar-refractivity contribution in [1.29, 1.82) is 0 Å². The van der Waals surface area contributed by atoms with E-state index in [-0.39, 0.29) is 25.9 Å². The highest BCUT2D eigenvalue weighted by Gasteiger charge is 2.19. The second kappa shape index (κ2) is 12.4. The largest absolute Gasteiger partial charge is 0.355 e. The SMILES string of the molecule is O=S(=O)(O)c1ccc(Cl)c(N=Nc2ccc(N=Nc3ccc(Nc4ccccc4)c4c(S(=O)(=O)O)cccc34)c3ccccc23)c1. The van der Waals surface area contributed by atoms with Crippen LogP contribution in [0.5, 0.6) is 0 Å². The number of para-hydroxylation sites is 1. The average Bonchev–Trinajstić information content (AvgIpc) is 3.03. The Balaban J connectivity index is 1.41. The molecular weight excluding hydrogens is 650 g/mol. The molecule has 0 atom stereocenters. The second-order valence-electron chi connectivity index (χ2n) is 9.91. The lowest BCUT2D eigenvalue weighted by atomic mass is 10.1. The van der Waals surface area contributed by atoms with Crippen LogP contribution in [0.2, 0.25) is 5.02 Å². The van der Waals surface area contributed by atoms with Gasteiger partial charge in [0.15, 0.2) is 0 Å². The summed E-state index contributed by atoms with van der Waals surface area (Å²) in [5.74, 6) is 0. The second-order valence-corrected chi connectivity index (χ2v) is 13.1. The minimum Gasteiger partial charge on any atom is -0.355 e. The molecule has 6 rings (SSSR count).